The van der Waals surface area contributed by atoms with Crippen molar-refractivity contribution in [3.05, 3.63) is 82.9 Å². The predicted octanol–water partition coefficient (Wildman–Crippen LogP) is 5.80. The summed E-state index contributed by atoms with van der Waals surface area (Å²) >= 11 is -6.36. The van der Waals surface area contributed by atoms with Crippen LogP contribution in [0.4, 0.5) is 5.33 Å². The van der Waals surface area contributed by atoms with Gasteiger partial charge in [-0.3, -0.25) is 0 Å². The molecule has 2 unspecified atom stereocenters. The van der Waals surface area contributed by atoms with Gasteiger partial charge in [-0.2, -0.15) is 0 Å². The van der Waals surface area contributed by atoms with E-state index in [1.807, 2.05) is 60.7 Å². The zero-order valence-electron chi connectivity index (χ0n) is 12.9. The van der Waals surface area contributed by atoms with E-state index in [0.717, 1.165) is 22.3 Å². The second kappa shape index (κ2) is 5.01. The summed E-state index contributed by atoms with van der Waals surface area (Å²) in [6.45, 7) is 1.57. The first-order valence-electron chi connectivity index (χ1n) is 7.96. The number of fused-ring (bicyclic) bond motifs is 2. The van der Waals surface area contributed by atoms with Crippen molar-refractivity contribution in [1.29, 1.82) is 0 Å². The number of hydrogen-bond donors (Lipinski definition) is 0. The van der Waals surface area contributed by atoms with E-state index >= 15 is 5.33 Å². The molecule has 0 radical (unpaired) electrons. The fourth-order valence-electron chi connectivity index (χ4n) is 4.01. The molecule has 0 nitrogen and oxygen atoms in total. The van der Waals surface area contributed by atoms with Gasteiger partial charge >= 0.3 is 138 Å². The van der Waals surface area contributed by atoms with Crippen LogP contribution in [0.2, 0.25) is 0 Å². The van der Waals surface area contributed by atoms with Crippen molar-refractivity contribution in [3.63, 3.8) is 0 Å². The maximum absolute atomic E-state index is 16.4. The van der Waals surface area contributed by atoms with Crippen LogP contribution in [0.3, 0.4) is 0 Å². The average molecular weight is 475 g/mol. The zero-order chi connectivity index (χ0) is 16.1. The van der Waals surface area contributed by atoms with Crippen molar-refractivity contribution >= 4 is 15.9 Å². The molecule has 3 heteroatoms. The molecule has 0 spiro atoms. The van der Waals surface area contributed by atoms with E-state index in [-0.39, 0.29) is 0 Å². The Hall–Kier alpha value is -1.48. The van der Waals surface area contributed by atoms with Crippen molar-refractivity contribution in [2.45, 2.75) is 14.3 Å². The average Bonchev–Trinajstić information content (AvgIpc) is 3.20. The van der Waals surface area contributed by atoms with E-state index in [4.69, 9.17) is 0 Å². The molecule has 0 saturated heterocycles. The maximum atomic E-state index is 16.4. The Kier molecular flexibility index (Phi) is 3.28. The van der Waals surface area contributed by atoms with Gasteiger partial charge in [0, 0.05) is 0 Å². The SMILES string of the molecule is C[CH]=[Hf]([F])([F])([CH]1C=Cc2ccccc21)[CH]1C=Cc2ccccc21. The molecule has 0 saturated carbocycles. The molecule has 0 heterocycles. The van der Waals surface area contributed by atoms with Gasteiger partial charge in [-0.05, 0) is 0 Å². The monoisotopic (exact) mass is 476 g/mol. The molecular formula is C20H18F2Hf. The summed E-state index contributed by atoms with van der Waals surface area (Å²) < 4.78 is 32.6. The Morgan fingerprint density at radius 3 is 1.65 bits per heavy atom. The van der Waals surface area contributed by atoms with E-state index in [9.17, 15) is 0 Å². The molecule has 0 aromatic heterocycles. The quantitative estimate of drug-likeness (QED) is 0.482. The van der Waals surface area contributed by atoms with Crippen molar-refractivity contribution in [2.24, 2.45) is 0 Å². The number of benzene rings is 2. The fourth-order valence-corrected chi connectivity index (χ4v) is 17.5. The van der Waals surface area contributed by atoms with E-state index in [2.05, 4.69) is 0 Å². The van der Waals surface area contributed by atoms with Crippen LogP contribution in [0, 0.1) is 0 Å². The Morgan fingerprint density at radius 2 is 1.22 bits per heavy atom. The van der Waals surface area contributed by atoms with Gasteiger partial charge in [0.05, 0.1) is 0 Å². The van der Waals surface area contributed by atoms with E-state index in [0.29, 0.717) is 0 Å². The van der Waals surface area contributed by atoms with Crippen molar-refractivity contribution in [3.8, 4) is 0 Å². The summed E-state index contributed by atoms with van der Waals surface area (Å²) in [6, 6.07) is 15.1. The Bertz CT molecular complexity index is 847. The standard InChI is InChI=1S/2C9H7.C2H4.2FH.Hf/c2*1-2-5-9-7-3-6-8(9)4-1;1-2;;;/h2*1-7H;1H,2H3;2*1H;/q;;;;;+2/p-2. The fraction of sp³-hybridized carbons (Fsp3) is 0.150. The molecule has 2 aromatic carbocycles. The van der Waals surface area contributed by atoms with Gasteiger partial charge in [0.15, 0.2) is 0 Å². The molecule has 4 rings (SSSR count). The van der Waals surface area contributed by atoms with Crippen LogP contribution in [-0.2, 0) is 19.2 Å². The second-order valence-corrected chi connectivity index (χ2v) is 21.8. The van der Waals surface area contributed by atoms with Crippen LogP contribution >= 0.6 is 0 Å². The van der Waals surface area contributed by atoms with Gasteiger partial charge in [0.1, 0.15) is 0 Å². The van der Waals surface area contributed by atoms with Gasteiger partial charge in [-0.15, -0.1) is 0 Å². The van der Waals surface area contributed by atoms with Crippen molar-refractivity contribution in [1.82, 2.24) is 0 Å². The molecule has 2 aromatic rings. The number of rotatable bonds is 2. The summed E-state index contributed by atoms with van der Waals surface area (Å²) in [7, 11) is 0. The molecule has 2 atom stereocenters. The molecule has 0 bridgehead atoms. The Labute approximate surface area is 137 Å². The van der Waals surface area contributed by atoms with Crippen molar-refractivity contribution in [2.75, 3.05) is 0 Å². The molecule has 2 aliphatic carbocycles. The molecular weight excluding hydrogens is 457 g/mol. The summed E-state index contributed by atoms with van der Waals surface area (Å²) in [5.74, 6) is 0. The van der Waals surface area contributed by atoms with E-state index in [1.165, 1.54) is 3.76 Å². The molecule has 0 N–H and O–H groups in total. The first kappa shape index (κ1) is 15.1. The Morgan fingerprint density at radius 1 is 0.783 bits per heavy atom. The van der Waals surface area contributed by atoms with Crippen LogP contribution < -0.4 is 0 Å². The summed E-state index contributed by atoms with van der Waals surface area (Å²) in [5.41, 5.74) is 3.47. The van der Waals surface area contributed by atoms with E-state index in [1.54, 1.807) is 19.1 Å². The zero-order valence-corrected chi connectivity index (χ0v) is 16.5. The van der Waals surface area contributed by atoms with Gasteiger partial charge in [0.2, 0.25) is 0 Å². The summed E-state index contributed by atoms with van der Waals surface area (Å²) in [6.07, 6.45) is 7.22. The van der Waals surface area contributed by atoms with Gasteiger partial charge in [0.25, 0.3) is 0 Å². The predicted molar refractivity (Wildman–Crippen MR) is 90.4 cm³/mol. The van der Waals surface area contributed by atoms with Crippen LogP contribution in [0.1, 0.15) is 36.5 Å². The van der Waals surface area contributed by atoms with E-state index < -0.39 is 26.6 Å². The molecule has 116 valence electrons. The van der Waals surface area contributed by atoms with Crippen LogP contribution in [0.15, 0.2) is 60.7 Å². The minimum absolute atomic E-state index is 0.728. The summed E-state index contributed by atoms with van der Waals surface area (Å²) in [5, 5.41) is 0. The summed E-state index contributed by atoms with van der Waals surface area (Å²) in [4.78, 5) is 0. The number of allylic oxidation sites excluding steroid dienone is 2. The molecule has 0 amide bonds. The number of hydrogen-bond acceptors (Lipinski definition) is 0. The van der Waals surface area contributed by atoms with Crippen LogP contribution in [0.25, 0.3) is 12.2 Å². The second-order valence-electron chi connectivity index (χ2n) is 6.45. The molecule has 0 fully saturated rings. The molecule has 0 aliphatic heterocycles. The van der Waals surface area contributed by atoms with Crippen LogP contribution in [-0.4, -0.2) is 3.76 Å². The van der Waals surface area contributed by atoms with Gasteiger partial charge in [-0.25, -0.2) is 0 Å². The van der Waals surface area contributed by atoms with Gasteiger partial charge in [-0.1, -0.05) is 0 Å². The van der Waals surface area contributed by atoms with Crippen molar-refractivity contribution < 1.29 is 24.6 Å². The first-order chi connectivity index (χ1) is 11.0. The third-order valence-corrected chi connectivity index (χ3v) is 21.5. The third-order valence-electron chi connectivity index (χ3n) is 5.34. The molecule has 23 heavy (non-hydrogen) atoms. The third kappa shape index (κ3) is 2.06. The molecule has 2 aliphatic rings. The Balaban J connectivity index is 1.92. The van der Waals surface area contributed by atoms with Crippen LogP contribution in [0.5, 0.6) is 0 Å². The first-order valence-corrected chi connectivity index (χ1v) is 16.9. The normalized spacial score (nSPS) is 22.1. The van der Waals surface area contributed by atoms with Gasteiger partial charge < -0.3 is 0 Å². The topological polar surface area (TPSA) is 0 Å². The number of halogens is 2. The minimum atomic E-state index is -6.36.